The number of methoxy groups -OCH3 is 1. The molecule has 2 bridgehead atoms. The van der Waals surface area contributed by atoms with E-state index >= 15 is 0 Å². The van der Waals surface area contributed by atoms with E-state index in [0.717, 1.165) is 54.1 Å². The van der Waals surface area contributed by atoms with E-state index in [1.807, 2.05) is 68.4 Å². The van der Waals surface area contributed by atoms with Crippen molar-refractivity contribution >= 4 is 23.3 Å². The minimum atomic E-state index is -0.166. The molecule has 2 saturated heterocycles. The van der Waals surface area contributed by atoms with E-state index in [2.05, 4.69) is 20.5 Å². The lowest BCUT2D eigenvalue weighted by Crippen LogP contribution is -2.50. The quantitative estimate of drug-likeness (QED) is 0.521. The number of carbonyl (C=O) groups excluding carboxylic acids is 2. The molecule has 3 aromatic rings. The summed E-state index contributed by atoms with van der Waals surface area (Å²) in [5.74, 6) is 1.40. The Bertz CT molecular complexity index is 1260. The van der Waals surface area contributed by atoms with Crippen LogP contribution in [-0.2, 0) is 0 Å². The number of ether oxygens (including phenoxy) is 1. The number of amides is 2. The molecular formula is C29H32N4O3. The zero-order chi connectivity index (χ0) is 25.2. The topological polar surface area (TPSA) is 83.6 Å². The van der Waals surface area contributed by atoms with E-state index < -0.39 is 0 Å². The third-order valence-electron chi connectivity index (χ3n) is 7.48. The molecule has 1 unspecified atom stereocenters. The average molecular weight is 485 g/mol. The number of aromatic nitrogens is 1. The second-order valence-corrected chi connectivity index (χ2v) is 9.74. The van der Waals surface area contributed by atoms with Crippen LogP contribution in [0.5, 0.6) is 5.75 Å². The van der Waals surface area contributed by atoms with E-state index in [1.165, 1.54) is 0 Å². The molecule has 7 heteroatoms. The highest BCUT2D eigenvalue weighted by molar-refractivity contribution is 6.04. The summed E-state index contributed by atoms with van der Waals surface area (Å²) in [6.07, 6.45) is 5.56. The van der Waals surface area contributed by atoms with Crippen molar-refractivity contribution in [2.75, 3.05) is 17.3 Å². The maximum atomic E-state index is 13.0. The van der Waals surface area contributed by atoms with E-state index in [1.54, 1.807) is 13.3 Å². The number of aryl methyl sites for hydroxylation is 1. The van der Waals surface area contributed by atoms with Gasteiger partial charge < -0.3 is 20.3 Å². The number of hydrogen-bond acceptors (Lipinski definition) is 5. The molecule has 36 heavy (non-hydrogen) atoms. The second-order valence-electron chi connectivity index (χ2n) is 9.74. The Kier molecular flexibility index (Phi) is 6.63. The van der Waals surface area contributed by atoms with Crippen molar-refractivity contribution in [3.63, 3.8) is 0 Å². The predicted molar refractivity (Wildman–Crippen MR) is 141 cm³/mol. The van der Waals surface area contributed by atoms with Crippen molar-refractivity contribution in [1.29, 1.82) is 0 Å². The maximum Gasteiger partial charge on any atom is 0.257 e. The van der Waals surface area contributed by atoms with Gasteiger partial charge >= 0.3 is 0 Å². The fourth-order valence-electron chi connectivity index (χ4n) is 5.59. The minimum absolute atomic E-state index is 0.0496. The molecule has 2 N–H and O–H groups in total. The van der Waals surface area contributed by atoms with Crippen LogP contribution in [0, 0.1) is 13.8 Å². The van der Waals surface area contributed by atoms with Crippen LogP contribution in [-0.4, -0.2) is 42.0 Å². The van der Waals surface area contributed by atoms with Gasteiger partial charge in [0.05, 0.1) is 12.7 Å². The number of benzene rings is 2. The fraction of sp³-hybridized carbons (Fsp3) is 0.345. The number of rotatable bonds is 6. The Hall–Kier alpha value is -3.87. The zero-order valence-electron chi connectivity index (χ0n) is 21.0. The van der Waals surface area contributed by atoms with Gasteiger partial charge in [-0.3, -0.25) is 9.59 Å². The number of hydrogen-bond donors (Lipinski definition) is 2. The monoisotopic (exact) mass is 484 g/mol. The molecule has 2 aliphatic heterocycles. The van der Waals surface area contributed by atoms with Gasteiger partial charge in [0.25, 0.3) is 11.8 Å². The van der Waals surface area contributed by atoms with Gasteiger partial charge in [0.1, 0.15) is 11.6 Å². The lowest BCUT2D eigenvalue weighted by Gasteiger charge is -2.40. The van der Waals surface area contributed by atoms with Crippen LogP contribution < -0.4 is 20.3 Å². The third-order valence-corrected chi connectivity index (χ3v) is 7.48. The van der Waals surface area contributed by atoms with E-state index in [-0.39, 0.29) is 17.9 Å². The largest absolute Gasteiger partial charge is 0.496 e. The van der Waals surface area contributed by atoms with Crippen LogP contribution in [0.2, 0.25) is 0 Å². The predicted octanol–water partition coefficient (Wildman–Crippen LogP) is 4.89. The highest BCUT2D eigenvalue weighted by Crippen LogP contribution is 2.38. The second kappa shape index (κ2) is 10.0. The highest BCUT2D eigenvalue weighted by atomic mass is 16.5. The first-order valence-electron chi connectivity index (χ1n) is 12.5. The molecule has 186 valence electrons. The first kappa shape index (κ1) is 23.9. The molecule has 5 rings (SSSR count). The third kappa shape index (κ3) is 4.65. The van der Waals surface area contributed by atoms with Gasteiger partial charge in [0.2, 0.25) is 0 Å². The molecule has 7 nitrogen and oxygen atoms in total. The van der Waals surface area contributed by atoms with Gasteiger partial charge in [-0.05, 0) is 75.4 Å². The molecular weight excluding hydrogens is 452 g/mol. The lowest BCUT2D eigenvalue weighted by atomic mass is 9.96. The first-order chi connectivity index (χ1) is 17.4. The number of fused-ring (bicyclic) bond motifs is 2. The number of para-hydroxylation sites is 1. The summed E-state index contributed by atoms with van der Waals surface area (Å²) in [7, 11) is 1.62. The highest BCUT2D eigenvalue weighted by Gasteiger charge is 2.42. The minimum Gasteiger partial charge on any atom is -0.496 e. The summed E-state index contributed by atoms with van der Waals surface area (Å²) in [5.41, 5.74) is 3.87. The fourth-order valence-corrected chi connectivity index (χ4v) is 5.59. The van der Waals surface area contributed by atoms with Crippen LogP contribution in [0.25, 0.3) is 0 Å². The van der Waals surface area contributed by atoms with Crippen LogP contribution >= 0.6 is 0 Å². The Morgan fingerprint density at radius 2 is 1.69 bits per heavy atom. The molecule has 0 radical (unpaired) electrons. The molecule has 3 heterocycles. The van der Waals surface area contributed by atoms with Crippen LogP contribution in [0.4, 0.5) is 11.5 Å². The molecule has 2 fully saturated rings. The van der Waals surface area contributed by atoms with Gasteiger partial charge in [-0.2, -0.15) is 0 Å². The molecule has 1 aromatic heterocycles. The van der Waals surface area contributed by atoms with E-state index in [0.29, 0.717) is 23.2 Å². The van der Waals surface area contributed by atoms with Gasteiger partial charge in [0.15, 0.2) is 0 Å². The van der Waals surface area contributed by atoms with Crippen molar-refractivity contribution in [1.82, 2.24) is 10.3 Å². The number of piperidine rings is 1. The van der Waals surface area contributed by atoms with E-state index in [9.17, 15) is 9.59 Å². The molecule has 0 saturated carbocycles. The summed E-state index contributed by atoms with van der Waals surface area (Å²) in [6.45, 7) is 3.88. The maximum absolute atomic E-state index is 13.0. The van der Waals surface area contributed by atoms with Crippen molar-refractivity contribution in [3.05, 3.63) is 83.0 Å². The SMILES string of the molecule is COc1cccc(C(=O)NC2C[C@H]3CC[C@@H](C2)N3c2ccc(C(=O)Nc3ccccc3C)cn2)c1C. The molecule has 2 amide bonds. The summed E-state index contributed by atoms with van der Waals surface area (Å²) in [4.78, 5) is 32.8. The number of anilines is 2. The first-order valence-corrected chi connectivity index (χ1v) is 12.5. The summed E-state index contributed by atoms with van der Waals surface area (Å²) < 4.78 is 5.37. The zero-order valence-corrected chi connectivity index (χ0v) is 21.0. The molecule has 0 spiro atoms. The normalized spacial score (nSPS) is 20.6. The van der Waals surface area contributed by atoms with Gasteiger partial charge in [-0.1, -0.05) is 24.3 Å². The van der Waals surface area contributed by atoms with Crippen molar-refractivity contribution < 1.29 is 14.3 Å². The molecule has 2 aliphatic rings. The summed E-state index contributed by atoms with van der Waals surface area (Å²) >= 11 is 0. The Morgan fingerprint density at radius 3 is 2.36 bits per heavy atom. The Balaban J connectivity index is 1.23. The van der Waals surface area contributed by atoms with Crippen molar-refractivity contribution in [2.24, 2.45) is 0 Å². The number of pyridine rings is 1. The molecule has 2 aromatic carbocycles. The van der Waals surface area contributed by atoms with Gasteiger partial charge in [-0.25, -0.2) is 4.98 Å². The number of carbonyl (C=O) groups is 2. The van der Waals surface area contributed by atoms with Crippen LogP contribution in [0.15, 0.2) is 60.8 Å². The summed E-state index contributed by atoms with van der Waals surface area (Å²) in [6, 6.07) is 17.8. The average Bonchev–Trinajstić information content (AvgIpc) is 3.15. The van der Waals surface area contributed by atoms with Gasteiger partial charge in [-0.15, -0.1) is 0 Å². The van der Waals surface area contributed by atoms with Crippen LogP contribution in [0.1, 0.15) is 57.5 Å². The standard InChI is InChI=1S/C29H32N4O3/c1-18-7-4-5-9-25(18)32-28(34)20-11-14-27(30-17-20)33-22-12-13-23(33)16-21(15-22)31-29(35)24-8-6-10-26(36-3)19(24)2/h4-11,14,17,21-23H,12-13,15-16H2,1-3H3,(H,31,35)(H,32,34)/t21?,22-,23+. The van der Waals surface area contributed by atoms with Crippen molar-refractivity contribution in [2.45, 2.75) is 57.7 Å². The van der Waals surface area contributed by atoms with Crippen LogP contribution in [0.3, 0.4) is 0 Å². The van der Waals surface area contributed by atoms with E-state index in [4.69, 9.17) is 4.74 Å². The Morgan fingerprint density at radius 1 is 0.944 bits per heavy atom. The van der Waals surface area contributed by atoms with Gasteiger partial charge in [0, 0.05) is 41.1 Å². The molecule has 0 aliphatic carbocycles. The number of nitrogens with one attached hydrogen (secondary N) is 2. The van der Waals surface area contributed by atoms with Crippen molar-refractivity contribution in [3.8, 4) is 5.75 Å². The Labute approximate surface area is 211 Å². The summed E-state index contributed by atoms with van der Waals surface area (Å²) in [5, 5.41) is 6.22. The smallest absolute Gasteiger partial charge is 0.257 e. The lowest BCUT2D eigenvalue weighted by molar-refractivity contribution is 0.0925. The molecule has 3 atom stereocenters. The number of nitrogens with zero attached hydrogens (tertiary/aromatic N) is 2.